The number of phenols is 1. The van der Waals surface area contributed by atoms with Gasteiger partial charge in [-0.15, -0.1) is 0 Å². The van der Waals surface area contributed by atoms with Gasteiger partial charge in [0.05, 0.1) is 10.6 Å². The summed E-state index contributed by atoms with van der Waals surface area (Å²) in [6, 6.07) is 3.14. The monoisotopic (exact) mass is 259 g/mol. The quantitative estimate of drug-likeness (QED) is 0.807. The molecule has 0 aliphatic carbocycles. The molecule has 0 aliphatic rings. The second-order valence-corrected chi connectivity index (χ2v) is 5.09. The highest BCUT2D eigenvalue weighted by molar-refractivity contribution is 6.36. The molecule has 0 aromatic heterocycles. The van der Waals surface area contributed by atoms with Crippen molar-refractivity contribution in [2.24, 2.45) is 4.99 Å². The third-order valence-corrected chi connectivity index (χ3v) is 2.98. The molecule has 0 spiro atoms. The van der Waals surface area contributed by atoms with Gasteiger partial charge in [-0.25, -0.2) is 0 Å². The van der Waals surface area contributed by atoms with Gasteiger partial charge in [-0.3, -0.25) is 4.99 Å². The highest BCUT2D eigenvalue weighted by atomic mass is 35.5. The summed E-state index contributed by atoms with van der Waals surface area (Å²) in [5, 5.41) is 10.4. The zero-order chi connectivity index (χ0) is 12.3. The molecule has 1 aromatic rings. The van der Waals surface area contributed by atoms with E-state index in [1.54, 1.807) is 12.3 Å². The molecule has 1 N–H and O–H groups in total. The topological polar surface area (TPSA) is 32.6 Å². The van der Waals surface area contributed by atoms with Crippen LogP contribution in [0.25, 0.3) is 0 Å². The molecule has 0 amide bonds. The summed E-state index contributed by atoms with van der Waals surface area (Å²) in [5.74, 6) is 0.0155. The standard InChI is InChI=1S/C12H15Cl2NO/c1-4-12(2,3)15-7-8-5-9(13)6-10(14)11(8)16/h5-7,16H,4H2,1-3H3. The summed E-state index contributed by atoms with van der Waals surface area (Å²) in [5.41, 5.74) is 0.389. The van der Waals surface area contributed by atoms with Crippen molar-refractivity contribution >= 4 is 29.4 Å². The van der Waals surface area contributed by atoms with Gasteiger partial charge >= 0.3 is 0 Å². The Morgan fingerprint density at radius 1 is 1.38 bits per heavy atom. The molecule has 0 bridgehead atoms. The minimum atomic E-state index is -0.152. The van der Waals surface area contributed by atoms with Crippen molar-refractivity contribution in [3.8, 4) is 5.75 Å². The molecule has 2 nitrogen and oxygen atoms in total. The molecule has 4 heteroatoms. The van der Waals surface area contributed by atoms with Crippen molar-refractivity contribution in [3.63, 3.8) is 0 Å². The molecule has 1 rings (SSSR count). The van der Waals surface area contributed by atoms with Crippen LogP contribution in [-0.2, 0) is 0 Å². The largest absolute Gasteiger partial charge is 0.506 e. The summed E-state index contributed by atoms with van der Waals surface area (Å²) < 4.78 is 0. The van der Waals surface area contributed by atoms with Crippen molar-refractivity contribution in [2.45, 2.75) is 32.7 Å². The number of rotatable bonds is 3. The second-order valence-electron chi connectivity index (χ2n) is 4.25. The zero-order valence-corrected chi connectivity index (χ0v) is 11.1. The van der Waals surface area contributed by atoms with Gasteiger partial charge in [0, 0.05) is 16.8 Å². The zero-order valence-electron chi connectivity index (χ0n) is 9.59. The van der Waals surface area contributed by atoms with Gasteiger partial charge < -0.3 is 5.11 Å². The first kappa shape index (κ1) is 13.3. The number of nitrogens with zero attached hydrogens (tertiary/aromatic N) is 1. The number of aliphatic imine (C=N–C) groups is 1. The van der Waals surface area contributed by atoms with Crippen LogP contribution >= 0.6 is 23.2 Å². The lowest BCUT2D eigenvalue weighted by atomic mass is 10.0. The van der Waals surface area contributed by atoms with Crippen molar-refractivity contribution in [3.05, 3.63) is 27.7 Å². The maximum atomic E-state index is 9.71. The predicted molar refractivity (Wildman–Crippen MR) is 70.1 cm³/mol. The first-order valence-corrected chi connectivity index (χ1v) is 5.84. The van der Waals surface area contributed by atoms with E-state index in [1.807, 2.05) is 13.8 Å². The molecule has 0 atom stereocenters. The molecule has 0 fully saturated rings. The van der Waals surface area contributed by atoms with Crippen LogP contribution in [0.15, 0.2) is 17.1 Å². The normalized spacial score (nSPS) is 12.3. The summed E-state index contributed by atoms with van der Waals surface area (Å²) in [7, 11) is 0. The van der Waals surface area contributed by atoms with Gasteiger partial charge in [0.1, 0.15) is 5.75 Å². The van der Waals surface area contributed by atoms with Crippen molar-refractivity contribution in [2.75, 3.05) is 0 Å². The molecule has 0 unspecified atom stereocenters. The summed E-state index contributed by atoms with van der Waals surface area (Å²) >= 11 is 11.7. The number of hydrogen-bond acceptors (Lipinski definition) is 2. The molecular formula is C12H15Cl2NO. The van der Waals surface area contributed by atoms with Crippen LogP contribution in [0.3, 0.4) is 0 Å². The molecule has 88 valence electrons. The molecule has 16 heavy (non-hydrogen) atoms. The summed E-state index contributed by atoms with van der Waals surface area (Å²) in [6.07, 6.45) is 2.52. The fourth-order valence-electron chi connectivity index (χ4n) is 1.02. The predicted octanol–water partition coefficient (Wildman–Crippen LogP) is 4.31. The Balaban J connectivity index is 3.06. The molecule has 0 saturated carbocycles. The van der Waals surface area contributed by atoms with Crippen LogP contribution in [0, 0.1) is 0 Å². The minimum absolute atomic E-state index is 0.0155. The van der Waals surface area contributed by atoms with Gasteiger partial charge in [0.2, 0.25) is 0 Å². The third-order valence-electron chi connectivity index (χ3n) is 2.48. The smallest absolute Gasteiger partial charge is 0.143 e. The Hall–Kier alpha value is -0.730. The molecular weight excluding hydrogens is 245 g/mol. The Morgan fingerprint density at radius 2 is 2.00 bits per heavy atom. The summed E-state index contributed by atoms with van der Waals surface area (Å²) in [4.78, 5) is 4.39. The van der Waals surface area contributed by atoms with E-state index in [1.165, 1.54) is 6.07 Å². The average Bonchev–Trinajstić information content (AvgIpc) is 2.21. The van der Waals surface area contributed by atoms with Crippen LogP contribution in [-0.4, -0.2) is 16.9 Å². The van der Waals surface area contributed by atoms with E-state index in [0.717, 1.165) is 6.42 Å². The number of phenolic OH excluding ortho intramolecular Hbond substituents is 1. The fourth-order valence-corrected chi connectivity index (χ4v) is 1.53. The van der Waals surface area contributed by atoms with Gasteiger partial charge in [-0.1, -0.05) is 30.1 Å². The second kappa shape index (κ2) is 5.07. The number of hydrogen-bond donors (Lipinski definition) is 1. The number of benzene rings is 1. The highest BCUT2D eigenvalue weighted by Crippen LogP contribution is 2.30. The first-order valence-electron chi connectivity index (χ1n) is 5.09. The van der Waals surface area contributed by atoms with Crippen LogP contribution in [0.2, 0.25) is 10.0 Å². The molecule has 0 heterocycles. The Labute approximate surface area is 106 Å². The van der Waals surface area contributed by atoms with E-state index in [-0.39, 0.29) is 16.3 Å². The number of aromatic hydroxyl groups is 1. The minimum Gasteiger partial charge on any atom is -0.506 e. The van der Waals surface area contributed by atoms with Crippen molar-refractivity contribution in [1.82, 2.24) is 0 Å². The number of halogens is 2. The van der Waals surface area contributed by atoms with Gasteiger partial charge in [-0.2, -0.15) is 0 Å². The molecule has 0 aliphatic heterocycles. The van der Waals surface area contributed by atoms with Gasteiger partial charge in [0.25, 0.3) is 0 Å². The SMILES string of the molecule is CCC(C)(C)N=Cc1cc(Cl)cc(Cl)c1O. The maximum absolute atomic E-state index is 9.71. The Kier molecular flexibility index (Phi) is 4.22. The summed E-state index contributed by atoms with van der Waals surface area (Å²) in [6.45, 7) is 6.10. The van der Waals surface area contributed by atoms with Crippen LogP contribution in [0.5, 0.6) is 5.75 Å². The Bertz CT molecular complexity index is 414. The fraction of sp³-hybridized carbons (Fsp3) is 0.417. The molecule has 1 aromatic carbocycles. The van der Waals surface area contributed by atoms with Gasteiger partial charge in [-0.05, 0) is 32.4 Å². The third kappa shape index (κ3) is 3.39. The van der Waals surface area contributed by atoms with Gasteiger partial charge in [0.15, 0.2) is 0 Å². The molecule has 0 saturated heterocycles. The highest BCUT2D eigenvalue weighted by Gasteiger charge is 2.12. The van der Waals surface area contributed by atoms with E-state index < -0.39 is 0 Å². The van der Waals surface area contributed by atoms with E-state index in [0.29, 0.717) is 10.6 Å². The molecule has 0 radical (unpaired) electrons. The van der Waals surface area contributed by atoms with Crippen molar-refractivity contribution in [1.29, 1.82) is 0 Å². The van der Waals surface area contributed by atoms with Crippen LogP contribution in [0.1, 0.15) is 32.8 Å². The van der Waals surface area contributed by atoms with E-state index in [9.17, 15) is 5.11 Å². The Morgan fingerprint density at radius 3 is 2.56 bits per heavy atom. The lowest BCUT2D eigenvalue weighted by Crippen LogP contribution is -2.14. The lowest BCUT2D eigenvalue weighted by Gasteiger charge is -2.16. The van der Waals surface area contributed by atoms with Crippen molar-refractivity contribution < 1.29 is 5.11 Å². The van der Waals surface area contributed by atoms with E-state index in [2.05, 4.69) is 11.9 Å². The van der Waals surface area contributed by atoms with Crippen LogP contribution < -0.4 is 0 Å². The average molecular weight is 260 g/mol. The lowest BCUT2D eigenvalue weighted by molar-refractivity contribution is 0.474. The van der Waals surface area contributed by atoms with E-state index >= 15 is 0 Å². The maximum Gasteiger partial charge on any atom is 0.143 e. The first-order chi connectivity index (χ1) is 7.35. The van der Waals surface area contributed by atoms with E-state index in [4.69, 9.17) is 23.2 Å². The van der Waals surface area contributed by atoms with Crippen LogP contribution in [0.4, 0.5) is 0 Å².